The lowest BCUT2D eigenvalue weighted by molar-refractivity contribution is 0.354. The van der Waals surface area contributed by atoms with Crippen molar-refractivity contribution in [1.29, 1.82) is 0 Å². The summed E-state index contributed by atoms with van der Waals surface area (Å²) in [6, 6.07) is 7.88. The Bertz CT molecular complexity index is 792. The van der Waals surface area contributed by atoms with E-state index in [1.807, 2.05) is 18.2 Å². The summed E-state index contributed by atoms with van der Waals surface area (Å²) >= 11 is 0. The van der Waals surface area contributed by atoms with E-state index < -0.39 is 0 Å². The topological polar surface area (TPSA) is 68.3 Å². The first-order valence-electron chi connectivity index (χ1n) is 9.98. The summed E-state index contributed by atoms with van der Waals surface area (Å²) in [5, 5.41) is 6.70. The molecule has 0 spiro atoms. The average molecular weight is 383 g/mol. The van der Waals surface area contributed by atoms with Gasteiger partial charge >= 0.3 is 0 Å². The second kappa shape index (κ2) is 10.5. The van der Waals surface area contributed by atoms with Gasteiger partial charge in [0.05, 0.1) is 14.2 Å². The monoisotopic (exact) mass is 382 g/mol. The predicted octanol–water partition coefficient (Wildman–Crippen LogP) is 4.45. The van der Waals surface area contributed by atoms with Gasteiger partial charge in [0.15, 0.2) is 11.5 Å². The molecule has 150 valence electrons. The van der Waals surface area contributed by atoms with Crippen molar-refractivity contribution < 1.29 is 9.47 Å². The standard InChI is InChI=1S/C22H30N4O2/c1-27-19-9-8-18(16-20(19)28-2)11-13-23-21-12-15-25-22(26-21)24-14-10-17-6-4-3-5-7-17/h6,8-9,12,15-16H,3-5,7,10-11,13-14H2,1-2H3,(H2,23,24,25,26). The molecule has 0 atom stereocenters. The molecule has 1 aliphatic carbocycles. The molecule has 6 nitrogen and oxygen atoms in total. The van der Waals surface area contributed by atoms with E-state index in [-0.39, 0.29) is 0 Å². The molecule has 1 aromatic carbocycles. The zero-order valence-corrected chi connectivity index (χ0v) is 16.8. The highest BCUT2D eigenvalue weighted by molar-refractivity contribution is 5.44. The van der Waals surface area contributed by atoms with E-state index in [2.05, 4.69) is 32.7 Å². The van der Waals surface area contributed by atoms with Crippen LogP contribution in [-0.2, 0) is 6.42 Å². The maximum absolute atomic E-state index is 5.36. The summed E-state index contributed by atoms with van der Waals surface area (Å²) < 4.78 is 10.6. The number of aromatic nitrogens is 2. The summed E-state index contributed by atoms with van der Waals surface area (Å²) in [7, 11) is 3.30. The van der Waals surface area contributed by atoms with Crippen LogP contribution in [0.5, 0.6) is 11.5 Å². The van der Waals surface area contributed by atoms with Gasteiger partial charge in [0.1, 0.15) is 5.82 Å². The minimum absolute atomic E-state index is 0.674. The van der Waals surface area contributed by atoms with E-state index in [0.29, 0.717) is 5.95 Å². The molecule has 1 heterocycles. The number of nitrogens with zero attached hydrogens (tertiary/aromatic N) is 2. The van der Waals surface area contributed by atoms with E-state index in [9.17, 15) is 0 Å². The fraction of sp³-hybridized carbons (Fsp3) is 0.455. The summed E-state index contributed by atoms with van der Waals surface area (Å²) in [6.45, 7) is 1.65. The van der Waals surface area contributed by atoms with Crippen LogP contribution in [0.25, 0.3) is 0 Å². The molecule has 0 saturated carbocycles. The number of hydrogen-bond acceptors (Lipinski definition) is 6. The second-order valence-corrected chi connectivity index (χ2v) is 6.92. The molecule has 0 saturated heterocycles. The number of nitrogens with one attached hydrogen (secondary N) is 2. The number of rotatable bonds is 10. The Kier molecular flexibility index (Phi) is 7.53. The molecule has 0 radical (unpaired) electrons. The Morgan fingerprint density at radius 2 is 1.82 bits per heavy atom. The Morgan fingerprint density at radius 3 is 2.61 bits per heavy atom. The predicted molar refractivity (Wildman–Crippen MR) is 113 cm³/mol. The minimum Gasteiger partial charge on any atom is -0.493 e. The molecular weight excluding hydrogens is 352 g/mol. The van der Waals surface area contributed by atoms with Gasteiger partial charge in [-0.1, -0.05) is 17.7 Å². The van der Waals surface area contributed by atoms with Crippen LogP contribution in [0.2, 0.25) is 0 Å². The molecule has 6 heteroatoms. The van der Waals surface area contributed by atoms with Crippen LogP contribution in [0.4, 0.5) is 11.8 Å². The molecule has 0 aliphatic heterocycles. The third-order valence-electron chi connectivity index (χ3n) is 4.94. The molecule has 1 aromatic heterocycles. The molecule has 2 aromatic rings. The van der Waals surface area contributed by atoms with Crippen molar-refractivity contribution in [3.63, 3.8) is 0 Å². The van der Waals surface area contributed by atoms with E-state index >= 15 is 0 Å². The quantitative estimate of drug-likeness (QED) is 0.592. The first kappa shape index (κ1) is 20.0. The van der Waals surface area contributed by atoms with E-state index in [0.717, 1.165) is 43.2 Å². The number of methoxy groups -OCH3 is 2. The lowest BCUT2D eigenvalue weighted by Gasteiger charge is -2.13. The highest BCUT2D eigenvalue weighted by Gasteiger charge is 2.06. The van der Waals surface area contributed by atoms with Crippen LogP contribution >= 0.6 is 0 Å². The molecule has 3 rings (SSSR count). The maximum atomic E-state index is 5.36. The van der Waals surface area contributed by atoms with E-state index in [1.165, 1.54) is 31.2 Å². The van der Waals surface area contributed by atoms with E-state index in [4.69, 9.17) is 9.47 Å². The van der Waals surface area contributed by atoms with Crippen LogP contribution in [0.15, 0.2) is 42.1 Å². The van der Waals surface area contributed by atoms with Crippen molar-refractivity contribution in [3.05, 3.63) is 47.7 Å². The fourth-order valence-electron chi connectivity index (χ4n) is 3.38. The van der Waals surface area contributed by atoms with Gasteiger partial charge in [-0.25, -0.2) is 4.98 Å². The lowest BCUT2D eigenvalue weighted by Crippen LogP contribution is -2.10. The normalized spacial score (nSPS) is 13.6. The second-order valence-electron chi connectivity index (χ2n) is 6.92. The SMILES string of the molecule is COc1ccc(CCNc2ccnc(NCCC3=CCCCC3)n2)cc1OC. The van der Waals surface area contributed by atoms with Gasteiger partial charge < -0.3 is 20.1 Å². The number of anilines is 2. The lowest BCUT2D eigenvalue weighted by atomic mass is 9.97. The fourth-order valence-corrected chi connectivity index (χ4v) is 3.38. The van der Waals surface area contributed by atoms with Crippen molar-refractivity contribution in [3.8, 4) is 11.5 Å². The molecule has 0 amide bonds. The number of allylic oxidation sites excluding steroid dienone is 1. The summed E-state index contributed by atoms with van der Waals surface area (Å²) in [4.78, 5) is 8.87. The zero-order valence-electron chi connectivity index (χ0n) is 16.8. The summed E-state index contributed by atoms with van der Waals surface area (Å²) in [5.74, 6) is 3.00. The van der Waals surface area contributed by atoms with Crippen LogP contribution in [0.1, 0.15) is 37.7 Å². The third kappa shape index (κ3) is 5.87. The van der Waals surface area contributed by atoms with Crippen molar-refractivity contribution in [2.75, 3.05) is 37.9 Å². The molecule has 0 unspecified atom stereocenters. The van der Waals surface area contributed by atoms with Crippen molar-refractivity contribution in [2.45, 2.75) is 38.5 Å². The molecular formula is C22H30N4O2. The van der Waals surface area contributed by atoms with Gasteiger partial charge in [0.25, 0.3) is 0 Å². The highest BCUT2D eigenvalue weighted by atomic mass is 16.5. The Morgan fingerprint density at radius 1 is 0.964 bits per heavy atom. The summed E-state index contributed by atoms with van der Waals surface area (Å²) in [6.07, 6.45) is 11.2. The van der Waals surface area contributed by atoms with Gasteiger partial charge in [-0.15, -0.1) is 0 Å². The molecule has 1 aliphatic rings. The molecule has 2 N–H and O–H groups in total. The van der Waals surface area contributed by atoms with Crippen molar-refractivity contribution >= 4 is 11.8 Å². The first-order chi connectivity index (χ1) is 13.8. The summed E-state index contributed by atoms with van der Waals surface area (Å²) in [5.41, 5.74) is 2.74. The maximum Gasteiger partial charge on any atom is 0.224 e. The average Bonchev–Trinajstić information content (AvgIpc) is 2.75. The first-order valence-corrected chi connectivity index (χ1v) is 9.98. The number of benzene rings is 1. The largest absolute Gasteiger partial charge is 0.493 e. The molecule has 0 bridgehead atoms. The van der Waals surface area contributed by atoms with Crippen LogP contribution < -0.4 is 20.1 Å². The van der Waals surface area contributed by atoms with Gasteiger partial charge in [-0.3, -0.25) is 0 Å². The van der Waals surface area contributed by atoms with Gasteiger partial charge in [0, 0.05) is 19.3 Å². The Labute approximate surface area is 167 Å². The smallest absolute Gasteiger partial charge is 0.224 e. The molecule has 28 heavy (non-hydrogen) atoms. The minimum atomic E-state index is 0.674. The van der Waals surface area contributed by atoms with Crippen molar-refractivity contribution in [1.82, 2.24) is 9.97 Å². The van der Waals surface area contributed by atoms with Crippen molar-refractivity contribution in [2.24, 2.45) is 0 Å². The number of ether oxygens (including phenoxy) is 2. The highest BCUT2D eigenvalue weighted by Crippen LogP contribution is 2.27. The van der Waals surface area contributed by atoms with E-state index in [1.54, 1.807) is 26.0 Å². The molecule has 0 fully saturated rings. The van der Waals surface area contributed by atoms with Crippen LogP contribution in [0, 0.1) is 0 Å². The van der Waals surface area contributed by atoms with Gasteiger partial charge in [-0.05, 0) is 62.3 Å². The van der Waals surface area contributed by atoms with Gasteiger partial charge in [0.2, 0.25) is 5.95 Å². The van der Waals surface area contributed by atoms with Crippen LogP contribution in [0.3, 0.4) is 0 Å². The Balaban J connectivity index is 1.46. The zero-order chi connectivity index (χ0) is 19.6. The number of hydrogen-bond donors (Lipinski definition) is 2. The van der Waals surface area contributed by atoms with Gasteiger partial charge in [-0.2, -0.15) is 4.98 Å². The Hall–Kier alpha value is -2.76. The third-order valence-corrected chi connectivity index (χ3v) is 4.94. The van der Waals surface area contributed by atoms with Crippen LogP contribution in [-0.4, -0.2) is 37.3 Å².